The number of hydrogen-bond donors (Lipinski definition) is 0. The van der Waals surface area contributed by atoms with E-state index < -0.39 is 5.25 Å². The van der Waals surface area contributed by atoms with Gasteiger partial charge in [-0.15, -0.1) is 10.2 Å². The van der Waals surface area contributed by atoms with Crippen LogP contribution in [0.1, 0.15) is 17.7 Å². The molecule has 0 unspecified atom stereocenters. The standard InChI is InChI=1S/C21H24N4O2S/c1-5-25-19(16-13-9-10-14-17(16)27-4)22-23-21(25)28-18(20(26)24(2)3)15-11-7-6-8-12-15/h6-14,18H,5H2,1-4H3/t18-/m1/s1. The summed E-state index contributed by atoms with van der Waals surface area (Å²) in [6.07, 6.45) is 0. The Morgan fingerprint density at radius 3 is 2.43 bits per heavy atom. The summed E-state index contributed by atoms with van der Waals surface area (Å²) in [5, 5.41) is 9.11. The molecule has 0 bridgehead atoms. The van der Waals surface area contributed by atoms with Crippen molar-refractivity contribution < 1.29 is 9.53 Å². The van der Waals surface area contributed by atoms with Gasteiger partial charge in [-0.1, -0.05) is 54.2 Å². The van der Waals surface area contributed by atoms with E-state index in [1.54, 1.807) is 26.1 Å². The van der Waals surface area contributed by atoms with Crippen molar-refractivity contribution in [2.45, 2.75) is 23.9 Å². The Morgan fingerprint density at radius 2 is 1.79 bits per heavy atom. The number of likely N-dealkylation sites (N-methyl/N-ethyl adjacent to an activating group) is 1. The third-order valence-corrected chi connectivity index (χ3v) is 5.59. The highest BCUT2D eigenvalue weighted by atomic mass is 32.2. The summed E-state index contributed by atoms with van der Waals surface area (Å²) in [5.74, 6) is 1.48. The average Bonchev–Trinajstić information content (AvgIpc) is 3.14. The molecule has 0 N–H and O–H groups in total. The zero-order chi connectivity index (χ0) is 20.1. The molecule has 0 spiro atoms. The van der Waals surface area contributed by atoms with Gasteiger partial charge in [0.15, 0.2) is 11.0 Å². The minimum absolute atomic E-state index is 0.0145. The van der Waals surface area contributed by atoms with E-state index in [9.17, 15) is 4.79 Å². The summed E-state index contributed by atoms with van der Waals surface area (Å²) in [6, 6.07) is 17.5. The molecule has 0 aliphatic rings. The molecule has 1 aromatic heterocycles. The van der Waals surface area contributed by atoms with Crippen LogP contribution in [0.15, 0.2) is 59.8 Å². The smallest absolute Gasteiger partial charge is 0.240 e. The molecule has 7 heteroatoms. The van der Waals surface area contributed by atoms with Crippen LogP contribution in [-0.4, -0.2) is 46.8 Å². The molecule has 146 valence electrons. The molecular formula is C21H24N4O2S. The molecule has 6 nitrogen and oxygen atoms in total. The van der Waals surface area contributed by atoms with E-state index in [4.69, 9.17) is 4.74 Å². The number of nitrogens with zero attached hydrogens (tertiary/aromatic N) is 4. The Balaban J connectivity index is 2.01. The molecule has 0 saturated carbocycles. The van der Waals surface area contributed by atoms with Crippen LogP contribution in [0.5, 0.6) is 5.75 Å². The predicted octanol–water partition coefficient (Wildman–Crippen LogP) is 3.90. The number of ether oxygens (including phenoxy) is 1. The quantitative estimate of drug-likeness (QED) is 0.567. The fourth-order valence-corrected chi connectivity index (χ4v) is 4.16. The first-order valence-corrected chi connectivity index (χ1v) is 9.94. The van der Waals surface area contributed by atoms with E-state index in [2.05, 4.69) is 10.2 Å². The van der Waals surface area contributed by atoms with Gasteiger partial charge in [0.1, 0.15) is 11.0 Å². The second-order valence-electron chi connectivity index (χ2n) is 6.39. The van der Waals surface area contributed by atoms with Gasteiger partial charge in [-0.25, -0.2) is 0 Å². The number of carbonyl (C=O) groups is 1. The maximum absolute atomic E-state index is 12.9. The maximum Gasteiger partial charge on any atom is 0.240 e. The van der Waals surface area contributed by atoms with Gasteiger partial charge in [0, 0.05) is 20.6 Å². The fraction of sp³-hybridized carbons (Fsp3) is 0.286. The van der Waals surface area contributed by atoms with Crippen LogP contribution >= 0.6 is 11.8 Å². The van der Waals surface area contributed by atoms with E-state index in [0.717, 1.165) is 22.7 Å². The third-order valence-electron chi connectivity index (χ3n) is 4.37. The topological polar surface area (TPSA) is 60.2 Å². The monoisotopic (exact) mass is 396 g/mol. The van der Waals surface area contributed by atoms with E-state index in [1.165, 1.54) is 11.8 Å². The molecule has 1 heterocycles. The van der Waals surface area contributed by atoms with Gasteiger partial charge in [-0.3, -0.25) is 4.79 Å². The number of benzene rings is 2. The van der Waals surface area contributed by atoms with Gasteiger partial charge >= 0.3 is 0 Å². The Labute approximate surface area is 169 Å². The zero-order valence-electron chi connectivity index (χ0n) is 16.5. The summed E-state index contributed by atoms with van der Waals surface area (Å²) in [4.78, 5) is 14.5. The minimum atomic E-state index is -0.392. The summed E-state index contributed by atoms with van der Waals surface area (Å²) in [6.45, 7) is 2.72. The van der Waals surface area contributed by atoms with Crippen molar-refractivity contribution in [2.24, 2.45) is 0 Å². The van der Waals surface area contributed by atoms with Crippen molar-refractivity contribution in [3.63, 3.8) is 0 Å². The fourth-order valence-electron chi connectivity index (χ4n) is 2.92. The van der Waals surface area contributed by atoms with Crippen molar-refractivity contribution >= 4 is 17.7 Å². The Morgan fingerprint density at radius 1 is 1.11 bits per heavy atom. The van der Waals surface area contributed by atoms with Crippen molar-refractivity contribution in [1.29, 1.82) is 0 Å². The zero-order valence-corrected chi connectivity index (χ0v) is 17.3. The molecule has 0 aliphatic heterocycles. The second-order valence-corrected chi connectivity index (χ2v) is 7.46. The van der Waals surface area contributed by atoms with Crippen molar-refractivity contribution in [2.75, 3.05) is 21.2 Å². The highest BCUT2D eigenvalue weighted by Gasteiger charge is 2.27. The van der Waals surface area contributed by atoms with E-state index in [1.807, 2.05) is 66.1 Å². The number of carbonyl (C=O) groups excluding carboxylic acids is 1. The highest BCUT2D eigenvalue weighted by Crippen LogP contribution is 2.38. The maximum atomic E-state index is 12.9. The number of thioether (sulfide) groups is 1. The Kier molecular flexibility index (Phi) is 6.36. The molecule has 0 radical (unpaired) electrons. The predicted molar refractivity (Wildman–Crippen MR) is 111 cm³/mol. The third kappa shape index (κ3) is 4.04. The molecule has 0 aliphatic carbocycles. The molecular weight excluding hydrogens is 372 g/mol. The summed E-state index contributed by atoms with van der Waals surface area (Å²) in [5.41, 5.74) is 1.82. The molecule has 0 saturated heterocycles. The van der Waals surface area contributed by atoms with E-state index >= 15 is 0 Å². The first-order chi connectivity index (χ1) is 13.6. The van der Waals surface area contributed by atoms with Gasteiger partial charge in [-0.05, 0) is 24.6 Å². The lowest BCUT2D eigenvalue weighted by Crippen LogP contribution is -2.27. The van der Waals surface area contributed by atoms with E-state index in [-0.39, 0.29) is 5.91 Å². The molecule has 1 atom stereocenters. The van der Waals surface area contributed by atoms with Gasteiger partial charge in [0.2, 0.25) is 5.91 Å². The van der Waals surface area contributed by atoms with Crippen molar-refractivity contribution in [3.05, 3.63) is 60.2 Å². The first-order valence-electron chi connectivity index (χ1n) is 9.06. The summed E-state index contributed by atoms with van der Waals surface area (Å²) in [7, 11) is 5.18. The second kappa shape index (κ2) is 8.93. The largest absolute Gasteiger partial charge is 0.496 e. The van der Waals surface area contributed by atoms with Crippen LogP contribution in [-0.2, 0) is 11.3 Å². The van der Waals surface area contributed by atoms with Crippen LogP contribution in [0.2, 0.25) is 0 Å². The van der Waals surface area contributed by atoms with Gasteiger partial charge < -0.3 is 14.2 Å². The summed E-state index contributed by atoms with van der Waals surface area (Å²) >= 11 is 1.42. The number of amides is 1. The van der Waals surface area contributed by atoms with E-state index in [0.29, 0.717) is 11.7 Å². The first kappa shape index (κ1) is 19.9. The molecule has 28 heavy (non-hydrogen) atoms. The van der Waals surface area contributed by atoms with Crippen LogP contribution in [0.4, 0.5) is 0 Å². The molecule has 0 fully saturated rings. The SMILES string of the molecule is CCn1c(S[C@@H](C(=O)N(C)C)c2ccccc2)nnc1-c1ccccc1OC. The lowest BCUT2D eigenvalue weighted by Gasteiger charge is -2.20. The molecule has 1 amide bonds. The molecule has 2 aromatic carbocycles. The van der Waals surface area contributed by atoms with Crippen LogP contribution < -0.4 is 4.74 Å². The minimum Gasteiger partial charge on any atom is -0.496 e. The van der Waals surface area contributed by atoms with Crippen LogP contribution in [0, 0.1) is 0 Å². The lowest BCUT2D eigenvalue weighted by atomic mass is 10.1. The lowest BCUT2D eigenvalue weighted by molar-refractivity contribution is -0.128. The Bertz CT molecular complexity index is 941. The highest BCUT2D eigenvalue weighted by molar-refractivity contribution is 8.00. The van der Waals surface area contributed by atoms with Crippen LogP contribution in [0.25, 0.3) is 11.4 Å². The molecule has 3 aromatic rings. The number of methoxy groups -OCH3 is 1. The van der Waals surface area contributed by atoms with Gasteiger partial charge in [0.05, 0.1) is 12.7 Å². The van der Waals surface area contributed by atoms with Gasteiger partial charge in [0.25, 0.3) is 0 Å². The normalized spacial score (nSPS) is 11.9. The number of rotatable bonds is 7. The van der Waals surface area contributed by atoms with Crippen molar-refractivity contribution in [3.8, 4) is 17.1 Å². The van der Waals surface area contributed by atoms with Crippen LogP contribution in [0.3, 0.4) is 0 Å². The number of para-hydroxylation sites is 1. The number of hydrogen-bond acceptors (Lipinski definition) is 5. The van der Waals surface area contributed by atoms with Gasteiger partial charge in [-0.2, -0.15) is 0 Å². The molecule has 3 rings (SSSR count). The summed E-state index contributed by atoms with van der Waals surface area (Å²) < 4.78 is 7.50. The number of aromatic nitrogens is 3. The Hall–Kier alpha value is -2.80. The average molecular weight is 397 g/mol. The van der Waals surface area contributed by atoms with Crippen molar-refractivity contribution in [1.82, 2.24) is 19.7 Å².